The number of nitrogens with zero attached hydrogens (tertiary/aromatic N) is 1. The standard InChI is InChI=1S/C17H20N2O2S/c1-21-17(20)15-14(12-7-3-2-4-8-12)13(22-16(15)18)11-19-9-5-6-10-19/h2-4,7-8H,5-6,9-11,18H2,1H3. The van der Waals surface area contributed by atoms with Gasteiger partial charge in [-0.15, -0.1) is 11.3 Å². The number of hydrogen-bond acceptors (Lipinski definition) is 5. The van der Waals surface area contributed by atoms with Crippen LogP contribution >= 0.6 is 11.3 Å². The maximum absolute atomic E-state index is 12.2. The van der Waals surface area contributed by atoms with Crippen LogP contribution in [0.25, 0.3) is 11.1 Å². The summed E-state index contributed by atoms with van der Waals surface area (Å²) in [6, 6.07) is 9.95. The first-order chi connectivity index (χ1) is 10.7. The van der Waals surface area contributed by atoms with Crippen LogP contribution in [0, 0.1) is 0 Å². The normalized spacial score (nSPS) is 15.1. The highest BCUT2D eigenvalue weighted by Crippen LogP contribution is 2.40. The molecule has 5 heteroatoms. The zero-order chi connectivity index (χ0) is 15.5. The molecule has 0 saturated carbocycles. The Hall–Kier alpha value is -1.85. The second-order valence-electron chi connectivity index (χ2n) is 5.48. The van der Waals surface area contributed by atoms with E-state index in [9.17, 15) is 4.79 Å². The summed E-state index contributed by atoms with van der Waals surface area (Å²) in [5, 5.41) is 0.542. The number of hydrogen-bond donors (Lipinski definition) is 1. The zero-order valence-corrected chi connectivity index (χ0v) is 13.5. The van der Waals surface area contributed by atoms with E-state index < -0.39 is 0 Å². The maximum Gasteiger partial charge on any atom is 0.341 e. The van der Waals surface area contributed by atoms with E-state index >= 15 is 0 Å². The van der Waals surface area contributed by atoms with Gasteiger partial charge in [-0.1, -0.05) is 30.3 Å². The lowest BCUT2D eigenvalue weighted by Gasteiger charge is -2.15. The molecule has 22 heavy (non-hydrogen) atoms. The first kappa shape index (κ1) is 15.1. The molecule has 1 aromatic carbocycles. The summed E-state index contributed by atoms with van der Waals surface area (Å²) in [5.74, 6) is -0.361. The van der Waals surface area contributed by atoms with Crippen LogP contribution in [0.5, 0.6) is 0 Å². The minimum Gasteiger partial charge on any atom is -0.465 e. The lowest BCUT2D eigenvalue weighted by molar-refractivity contribution is 0.0603. The predicted octanol–water partition coefficient (Wildman–Crippen LogP) is 3.38. The lowest BCUT2D eigenvalue weighted by Crippen LogP contribution is -2.18. The average molecular weight is 316 g/mol. The van der Waals surface area contributed by atoms with E-state index in [1.807, 2.05) is 30.3 Å². The molecule has 116 valence electrons. The van der Waals surface area contributed by atoms with Gasteiger partial charge in [0.25, 0.3) is 0 Å². The summed E-state index contributed by atoms with van der Waals surface area (Å²) in [7, 11) is 1.40. The van der Waals surface area contributed by atoms with Crippen molar-refractivity contribution in [3.05, 3.63) is 40.8 Å². The molecule has 2 heterocycles. The fourth-order valence-corrected chi connectivity index (χ4v) is 4.09. The van der Waals surface area contributed by atoms with E-state index in [4.69, 9.17) is 10.5 Å². The summed E-state index contributed by atoms with van der Waals surface area (Å²) < 4.78 is 4.94. The molecule has 1 aliphatic heterocycles. The summed E-state index contributed by atoms with van der Waals surface area (Å²) >= 11 is 1.50. The number of carbonyl (C=O) groups is 1. The van der Waals surface area contributed by atoms with Crippen LogP contribution in [0.3, 0.4) is 0 Å². The van der Waals surface area contributed by atoms with Crippen LogP contribution in [-0.4, -0.2) is 31.1 Å². The van der Waals surface area contributed by atoms with E-state index in [1.165, 1.54) is 31.3 Å². The Kier molecular flexibility index (Phi) is 4.45. The molecular formula is C17H20N2O2S. The highest BCUT2D eigenvalue weighted by molar-refractivity contribution is 7.17. The number of benzene rings is 1. The minimum atomic E-state index is -0.361. The highest BCUT2D eigenvalue weighted by atomic mass is 32.1. The van der Waals surface area contributed by atoms with E-state index in [1.54, 1.807) is 0 Å². The highest BCUT2D eigenvalue weighted by Gasteiger charge is 2.25. The SMILES string of the molecule is COC(=O)c1c(N)sc(CN2CCCC2)c1-c1ccccc1. The molecule has 2 N–H and O–H groups in total. The number of ether oxygens (including phenoxy) is 1. The first-order valence-electron chi connectivity index (χ1n) is 7.48. The molecule has 1 aliphatic rings. The molecule has 4 nitrogen and oxygen atoms in total. The van der Waals surface area contributed by atoms with Crippen LogP contribution in [-0.2, 0) is 11.3 Å². The van der Waals surface area contributed by atoms with Crippen molar-refractivity contribution in [2.45, 2.75) is 19.4 Å². The topological polar surface area (TPSA) is 55.6 Å². The zero-order valence-electron chi connectivity index (χ0n) is 12.7. The smallest absolute Gasteiger partial charge is 0.341 e. The van der Waals surface area contributed by atoms with E-state index in [-0.39, 0.29) is 5.97 Å². The van der Waals surface area contributed by atoms with Crippen LogP contribution in [0.4, 0.5) is 5.00 Å². The molecule has 2 aromatic rings. The Bertz CT molecular complexity index is 661. The van der Waals surface area contributed by atoms with Crippen LogP contribution < -0.4 is 5.73 Å². The van der Waals surface area contributed by atoms with Gasteiger partial charge >= 0.3 is 5.97 Å². The number of carbonyl (C=O) groups excluding carboxylic acids is 1. The molecular weight excluding hydrogens is 296 g/mol. The maximum atomic E-state index is 12.2. The predicted molar refractivity (Wildman–Crippen MR) is 90.0 cm³/mol. The van der Waals surface area contributed by atoms with Gasteiger partial charge in [0.2, 0.25) is 0 Å². The van der Waals surface area contributed by atoms with Gasteiger partial charge in [0.1, 0.15) is 10.6 Å². The number of likely N-dealkylation sites (tertiary alicyclic amines) is 1. The van der Waals surface area contributed by atoms with Crippen molar-refractivity contribution in [1.29, 1.82) is 0 Å². The Morgan fingerprint density at radius 2 is 1.95 bits per heavy atom. The first-order valence-corrected chi connectivity index (χ1v) is 8.29. The van der Waals surface area contributed by atoms with Crippen molar-refractivity contribution in [3.63, 3.8) is 0 Å². The van der Waals surface area contributed by atoms with Gasteiger partial charge in [0, 0.05) is 17.0 Å². The quantitative estimate of drug-likeness (QED) is 0.879. The number of esters is 1. The Morgan fingerprint density at radius 3 is 2.59 bits per heavy atom. The van der Waals surface area contributed by atoms with Crippen molar-refractivity contribution < 1.29 is 9.53 Å². The third-order valence-corrected chi connectivity index (χ3v) is 5.03. The van der Waals surface area contributed by atoms with Crippen molar-refractivity contribution in [2.75, 3.05) is 25.9 Å². The molecule has 0 aliphatic carbocycles. The number of thiophene rings is 1. The van der Waals surface area contributed by atoms with Gasteiger partial charge in [-0.25, -0.2) is 4.79 Å². The summed E-state index contributed by atoms with van der Waals surface area (Å²) in [4.78, 5) is 15.7. The molecule has 0 amide bonds. The number of nitrogens with two attached hydrogens (primary N) is 1. The van der Waals surface area contributed by atoms with Crippen molar-refractivity contribution in [1.82, 2.24) is 4.90 Å². The van der Waals surface area contributed by atoms with Gasteiger partial charge in [0.15, 0.2) is 0 Å². The Labute approximate surface area is 134 Å². The van der Waals surface area contributed by atoms with Gasteiger partial charge in [-0.2, -0.15) is 0 Å². The largest absolute Gasteiger partial charge is 0.465 e. The second kappa shape index (κ2) is 6.50. The molecule has 1 aromatic heterocycles. The molecule has 0 bridgehead atoms. The average Bonchev–Trinajstić information content (AvgIpc) is 3.15. The molecule has 0 spiro atoms. The summed E-state index contributed by atoms with van der Waals surface area (Å²) in [6.45, 7) is 3.06. The van der Waals surface area contributed by atoms with Gasteiger partial charge in [-0.05, 0) is 31.5 Å². The van der Waals surface area contributed by atoms with E-state index in [0.29, 0.717) is 10.6 Å². The molecule has 0 unspecified atom stereocenters. The summed E-state index contributed by atoms with van der Waals surface area (Å²) in [5.41, 5.74) is 8.59. The van der Waals surface area contributed by atoms with Crippen molar-refractivity contribution in [3.8, 4) is 11.1 Å². The molecule has 1 fully saturated rings. The van der Waals surface area contributed by atoms with Crippen LogP contribution in [0.15, 0.2) is 30.3 Å². The molecule has 1 saturated heterocycles. The molecule has 0 radical (unpaired) electrons. The molecule has 3 rings (SSSR count). The van der Waals surface area contributed by atoms with Crippen molar-refractivity contribution >= 4 is 22.3 Å². The van der Waals surface area contributed by atoms with Crippen LogP contribution in [0.1, 0.15) is 28.1 Å². The van der Waals surface area contributed by atoms with E-state index in [0.717, 1.165) is 35.6 Å². The second-order valence-corrected chi connectivity index (χ2v) is 6.62. The van der Waals surface area contributed by atoms with E-state index in [2.05, 4.69) is 4.90 Å². The Morgan fingerprint density at radius 1 is 1.27 bits per heavy atom. The van der Waals surface area contributed by atoms with Gasteiger partial charge in [-0.3, -0.25) is 4.90 Å². The number of methoxy groups -OCH3 is 1. The minimum absolute atomic E-state index is 0.361. The third kappa shape index (κ3) is 2.87. The lowest BCUT2D eigenvalue weighted by atomic mass is 10.0. The summed E-state index contributed by atoms with van der Waals surface area (Å²) in [6.07, 6.45) is 2.48. The Balaban J connectivity index is 2.07. The number of rotatable bonds is 4. The fourth-order valence-electron chi connectivity index (χ4n) is 2.97. The fraction of sp³-hybridized carbons (Fsp3) is 0.353. The van der Waals surface area contributed by atoms with Gasteiger partial charge in [0.05, 0.1) is 7.11 Å². The van der Waals surface area contributed by atoms with Crippen LogP contribution in [0.2, 0.25) is 0 Å². The van der Waals surface area contributed by atoms with Gasteiger partial charge < -0.3 is 10.5 Å². The third-order valence-electron chi connectivity index (χ3n) is 4.03. The van der Waals surface area contributed by atoms with Crippen molar-refractivity contribution in [2.24, 2.45) is 0 Å². The number of anilines is 1. The number of nitrogen functional groups attached to an aromatic ring is 1. The molecule has 0 atom stereocenters. The monoisotopic (exact) mass is 316 g/mol.